The molecule has 0 aromatic heterocycles. The maximum atomic E-state index is 2.38. The number of hydrogen-bond donors (Lipinski definition) is 0. The van der Waals surface area contributed by atoms with E-state index < -0.39 is 20.3 Å². The molecule has 0 N–H and O–H groups in total. The van der Waals surface area contributed by atoms with E-state index in [1.807, 2.05) is 0 Å². The zero-order valence-corrected chi connectivity index (χ0v) is 23.0. The summed E-state index contributed by atoms with van der Waals surface area (Å²) in [7, 11) is 0. The van der Waals surface area contributed by atoms with Crippen molar-refractivity contribution in [3.05, 3.63) is 142 Å². The van der Waals surface area contributed by atoms with E-state index in [0.717, 1.165) is 0 Å². The van der Waals surface area contributed by atoms with Gasteiger partial charge in [0.2, 0.25) is 0 Å². The van der Waals surface area contributed by atoms with Gasteiger partial charge in [-0.2, -0.15) is 0 Å². The summed E-state index contributed by atoms with van der Waals surface area (Å²) in [4.78, 5) is 0. The SMILES string of the molecule is Cc1ccc([CH2][Zr]([CH2]c2ccc(C)cc2)([CH2]c2ccc(C)cc2)[CH2]c2ccc(C)cc2)cc1. The Labute approximate surface area is 205 Å². The first kappa shape index (κ1) is 23.9. The van der Waals surface area contributed by atoms with Crippen molar-refractivity contribution >= 4 is 0 Å². The third-order valence-electron chi connectivity index (χ3n) is 6.80. The maximum absolute atomic E-state index is 2.81. The zero-order valence-electron chi connectivity index (χ0n) is 20.6. The Balaban J connectivity index is 1.77. The number of hydrogen-bond acceptors (Lipinski definition) is 0. The Bertz CT molecular complexity index is 956. The first-order valence-electron chi connectivity index (χ1n) is 12.1. The van der Waals surface area contributed by atoms with Gasteiger partial charge in [-0.15, -0.1) is 0 Å². The molecule has 0 aliphatic heterocycles. The van der Waals surface area contributed by atoms with Crippen molar-refractivity contribution in [2.45, 2.75) is 44.2 Å². The Hall–Kier alpha value is -2.24. The molecule has 0 fully saturated rings. The van der Waals surface area contributed by atoms with Gasteiger partial charge in [-0.25, -0.2) is 0 Å². The average Bonchev–Trinajstić information content (AvgIpc) is 2.80. The second-order valence-electron chi connectivity index (χ2n) is 10.1. The van der Waals surface area contributed by atoms with E-state index in [1.54, 1.807) is 0 Å². The van der Waals surface area contributed by atoms with Crippen molar-refractivity contribution in [3.8, 4) is 0 Å². The molecule has 168 valence electrons. The van der Waals surface area contributed by atoms with Crippen LogP contribution in [0.3, 0.4) is 0 Å². The van der Waals surface area contributed by atoms with Gasteiger partial charge in [0.15, 0.2) is 0 Å². The normalized spacial score (nSPS) is 11.5. The van der Waals surface area contributed by atoms with Gasteiger partial charge >= 0.3 is 206 Å². The van der Waals surface area contributed by atoms with E-state index in [2.05, 4.69) is 125 Å². The van der Waals surface area contributed by atoms with Crippen LogP contribution < -0.4 is 0 Å². The molecule has 0 unspecified atom stereocenters. The van der Waals surface area contributed by atoms with Crippen molar-refractivity contribution < 1.29 is 20.3 Å². The van der Waals surface area contributed by atoms with E-state index >= 15 is 0 Å². The zero-order chi connectivity index (χ0) is 23.3. The van der Waals surface area contributed by atoms with Crippen LogP contribution >= 0.6 is 0 Å². The van der Waals surface area contributed by atoms with Gasteiger partial charge in [-0.1, -0.05) is 0 Å². The summed E-state index contributed by atoms with van der Waals surface area (Å²) in [6, 6.07) is 37.3. The molecule has 0 radical (unpaired) electrons. The van der Waals surface area contributed by atoms with Gasteiger partial charge in [0.05, 0.1) is 0 Å². The quantitative estimate of drug-likeness (QED) is 0.224. The van der Waals surface area contributed by atoms with Crippen molar-refractivity contribution in [1.29, 1.82) is 0 Å². The molecule has 33 heavy (non-hydrogen) atoms. The van der Waals surface area contributed by atoms with Crippen molar-refractivity contribution in [2.75, 3.05) is 0 Å². The van der Waals surface area contributed by atoms with Gasteiger partial charge in [-0.3, -0.25) is 0 Å². The molecule has 0 spiro atoms. The Morgan fingerprint density at radius 1 is 0.333 bits per heavy atom. The van der Waals surface area contributed by atoms with Crippen LogP contribution in [0.2, 0.25) is 0 Å². The molecule has 0 amide bonds. The summed E-state index contributed by atoms with van der Waals surface area (Å²) in [5.74, 6) is 0. The first-order valence-corrected chi connectivity index (χ1v) is 19.1. The molecular formula is C32H36Zr. The summed E-state index contributed by atoms with van der Waals surface area (Å²) in [6.07, 6.45) is 0. The molecule has 1 heteroatoms. The van der Waals surface area contributed by atoms with Gasteiger partial charge in [-0.05, 0) is 0 Å². The van der Waals surface area contributed by atoms with Crippen LogP contribution in [-0.4, -0.2) is 0 Å². The molecule has 0 atom stereocenters. The fraction of sp³-hybridized carbons (Fsp3) is 0.250. The molecule has 0 aliphatic rings. The summed E-state index contributed by atoms with van der Waals surface area (Å²) < 4.78 is 5.07. The molecule has 0 saturated carbocycles. The fourth-order valence-corrected chi connectivity index (χ4v) is 17.6. The van der Waals surface area contributed by atoms with Gasteiger partial charge in [0, 0.05) is 0 Å². The van der Waals surface area contributed by atoms with Crippen LogP contribution in [0.15, 0.2) is 97.1 Å². The standard InChI is InChI=1S/4C8H9.Zr/c4*1-7-3-5-8(2)6-4-7;/h4*3-6H,1H2,2H3;. The molecule has 0 nitrogen and oxygen atoms in total. The van der Waals surface area contributed by atoms with Crippen LogP contribution in [0.5, 0.6) is 0 Å². The molecule has 0 bridgehead atoms. The summed E-state index contributed by atoms with van der Waals surface area (Å²) in [5.41, 5.74) is 11.4. The predicted octanol–water partition coefficient (Wildman–Crippen LogP) is 8.17. The van der Waals surface area contributed by atoms with Crippen LogP contribution in [0, 0.1) is 27.7 Å². The minimum absolute atomic E-state index is 1.27. The van der Waals surface area contributed by atoms with Gasteiger partial charge in [0.25, 0.3) is 0 Å². The van der Waals surface area contributed by atoms with Crippen molar-refractivity contribution in [2.24, 2.45) is 0 Å². The molecule has 4 aromatic carbocycles. The summed E-state index contributed by atoms with van der Waals surface area (Å²) >= 11 is -2.81. The predicted molar refractivity (Wildman–Crippen MR) is 140 cm³/mol. The molecule has 0 heterocycles. The van der Waals surface area contributed by atoms with E-state index in [9.17, 15) is 0 Å². The molecule has 0 aliphatic carbocycles. The van der Waals surface area contributed by atoms with E-state index in [1.165, 1.54) is 61.0 Å². The topological polar surface area (TPSA) is 0 Å². The van der Waals surface area contributed by atoms with Crippen LogP contribution in [-0.2, 0) is 36.8 Å². The Morgan fingerprint density at radius 3 is 0.697 bits per heavy atom. The molecule has 4 rings (SSSR count). The number of aryl methyl sites for hydroxylation is 4. The van der Waals surface area contributed by atoms with Crippen LogP contribution in [0.1, 0.15) is 44.5 Å². The second-order valence-corrected chi connectivity index (χ2v) is 21.0. The van der Waals surface area contributed by atoms with E-state index in [0.29, 0.717) is 0 Å². The van der Waals surface area contributed by atoms with Gasteiger partial charge < -0.3 is 0 Å². The number of benzene rings is 4. The first-order chi connectivity index (χ1) is 15.9. The monoisotopic (exact) mass is 510 g/mol. The Kier molecular flexibility index (Phi) is 7.82. The summed E-state index contributed by atoms with van der Waals surface area (Å²) in [6.45, 7) is 8.74. The van der Waals surface area contributed by atoms with Crippen molar-refractivity contribution in [3.63, 3.8) is 0 Å². The third-order valence-corrected chi connectivity index (χ3v) is 18.2. The molecule has 0 saturated heterocycles. The van der Waals surface area contributed by atoms with E-state index in [4.69, 9.17) is 0 Å². The van der Waals surface area contributed by atoms with Gasteiger partial charge in [0.1, 0.15) is 0 Å². The third kappa shape index (κ3) is 6.88. The van der Waals surface area contributed by atoms with Crippen LogP contribution in [0.4, 0.5) is 0 Å². The molecular weight excluding hydrogens is 476 g/mol. The second kappa shape index (κ2) is 10.8. The van der Waals surface area contributed by atoms with Crippen molar-refractivity contribution in [1.82, 2.24) is 0 Å². The minimum atomic E-state index is -2.81. The van der Waals surface area contributed by atoms with Crippen LogP contribution in [0.25, 0.3) is 0 Å². The fourth-order valence-electron chi connectivity index (χ4n) is 4.93. The summed E-state index contributed by atoms with van der Waals surface area (Å²) in [5, 5.41) is 0. The Morgan fingerprint density at radius 2 is 0.515 bits per heavy atom. The number of rotatable bonds is 8. The van der Waals surface area contributed by atoms with E-state index in [-0.39, 0.29) is 0 Å². The molecule has 4 aromatic rings. The average molecular weight is 512 g/mol.